The summed E-state index contributed by atoms with van der Waals surface area (Å²) in [5.74, 6) is 0. The highest BCUT2D eigenvalue weighted by molar-refractivity contribution is 9.11. The monoisotopic (exact) mass is 228 g/mol. The van der Waals surface area contributed by atoms with Gasteiger partial charge in [-0.05, 0) is 18.0 Å². The van der Waals surface area contributed by atoms with Gasteiger partial charge in [-0.2, -0.15) is 5.10 Å². The first kappa shape index (κ1) is 9.19. The van der Waals surface area contributed by atoms with E-state index in [1.54, 1.807) is 15.7 Å². The van der Waals surface area contributed by atoms with Crippen molar-refractivity contribution < 1.29 is 4.79 Å². The van der Waals surface area contributed by atoms with Crippen molar-refractivity contribution in [2.24, 2.45) is 0 Å². The quantitative estimate of drug-likeness (QED) is 0.742. The first-order valence-corrected chi connectivity index (χ1v) is 4.44. The summed E-state index contributed by atoms with van der Waals surface area (Å²) in [6.45, 7) is 2.48. The Labute approximate surface area is 79.2 Å². The van der Waals surface area contributed by atoms with E-state index in [0.29, 0.717) is 12.2 Å². The second kappa shape index (κ2) is 4.21. The number of hydrogen-bond donors (Lipinski definition) is 0. The smallest absolute Gasteiger partial charge is 0.168 e. The Morgan fingerprint density at radius 2 is 2.50 bits per heavy atom. The fraction of sp³-hybridized carbons (Fsp3) is 0.250. The molecular formula is C8H9BrN2O. The van der Waals surface area contributed by atoms with Crippen molar-refractivity contribution in [1.82, 2.24) is 9.78 Å². The lowest BCUT2D eigenvalue weighted by molar-refractivity contribution is 0.111. The van der Waals surface area contributed by atoms with Gasteiger partial charge < -0.3 is 0 Å². The zero-order valence-electron chi connectivity index (χ0n) is 6.70. The minimum Gasteiger partial charge on any atom is -0.296 e. The number of carbonyl (C=O) groups is 1. The summed E-state index contributed by atoms with van der Waals surface area (Å²) in [6.07, 6.45) is 2.68. The molecule has 0 saturated heterocycles. The van der Waals surface area contributed by atoms with Crippen LogP contribution in [-0.2, 0) is 6.54 Å². The van der Waals surface area contributed by atoms with Crippen molar-refractivity contribution in [2.45, 2.75) is 13.5 Å². The summed E-state index contributed by atoms with van der Waals surface area (Å²) in [6, 6.07) is 1.76. The number of carbonyl (C=O) groups excluding carboxylic acids is 1. The van der Waals surface area contributed by atoms with Crippen molar-refractivity contribution in [3.05, 3.63) is 28.5 Å². The maximum Gasteiger partial charge on any atom is 0.168 e. The molecule has 0 aliphatic heterocycles. The Morgan fingerprint density at radius 1 is 1.75 bits per heavy atom. The van der Waals surface area contributed by atoms with E-state index in [2.05, 4.69) is 21.0 Å². The average molecular weight is 229 g/mol. The van der Waals surface area contributed by atoms with Crippen LogP contribution in [0.15, 0.2) is 17.1 Å². The Kier molecular flexibility index (Phi) is 3.22. The van der Waals surface area contributed by atoms with Crippen molar-refractivity contribution in [1.29, 1.82) is 0 Å². The summed E-state index contributed by atoms with van der Waals surface area (Å²) < 4.78 is 1.65. The van der Waals surface area contributed by atoms with Crippen LogP contribution in [0, 0.1) is 6.92 Å². The Morgan fingerprint density at radius 3 is 3.08 bits per heavy atom. The molecule has 0 aromatic carbocycles. The molecule has 3 nitrogen and oxygen atoms in total. The van der Waals surface area contributed by atoms with Crippen LogP contribution in [0.4, 0.5) is 0 Å². The normalized spacial score (nSPS) is 10.8. The van der Waals surface area contributed by atoms with Crippen LogP contribution in [0.5, 0.6) is 0 Å². The van der Waals surface area contributed by atoms with E-state index in [-0.39, 0.29) is 0 Å². The number of rotatable bonds is 3. The molecular weight excluding hydrogens is 220 g/mol. The topological polar surface area (TPSA) is 34.9 Å². The molecule has 0 fully saturated rings. The lowest BCUT2D eigenvalue weighted by Gasteiger charge is -1.96. The number of aldehydes is 1. The van der Waals surface area contributed by atoms with Gasteiger partial charge in [-0.15, -0.1) is 0 Å². The van der Waals surface area contributed by atoms with Crippen LogP contribution in [0.3, 0.4) is 0 Å². The third-order valence-electron chi connectivity index (χ3n) is 1.42. The van der Waals surface area contributed by atoms with E-state index in [9.17, 15) is 4.79 Å². The summed E-state index contributed by atoms with van der Waals surface area (Å²) in [4.78, 5) is 12.3. The molecule has 4 heteroatoms. The molecule has 0 saturated carbocycles. The Balaban J connectivity index is 2.88. The zero-order chi connectivity index (χ0) is 8.97. The van der Waals surface area contributed by atoms with Crippen LogP contribution in [0.2, 0.25) is 0 Å². The first-order chi connectivity index (χ1) is 5.77. The van der Waals surface area contributed by atoms with Gasteiger partial charge in [0, 0.05) is 0 Å². The van der Waals surface area contributed by atoms with Crippen molar-refractivity contribution >= 4 is 22.2 Å². The molecule has 0 aliphatic carbocycles. The molecule has 0 spiro atoms. The first-order valence-electron chi connectivity index (χ1n) is 3.52. The van der Waals surface area contributed by atoms with Crippen molar-refractivity contribution in [2.75, 3.05) is 0 Å². The highest BCUT2D eigenvalue weighted by Gasteiger charge is 2.00. The second-order valence-corrected chi connectivity index (χ2v) is 2.90. The van der Waals surface area contributed by atoms with Crippen molar-refractivity contribution in [3.63, 3.8) is 0 Å². The predicted molar refractivity (Wildman–Crippen MR) is 50.4 cm³/mol. The number of aromatic nitrogens is 2. The van der Waals surface area contributed by atoms with Crippen LogP contribution < -0.4 is 0 Å². The highest BCUT2D eigenvalue weighted by Crippen LogP contribution is 2.01. The van der Waals surface area contributed by atoms with Crippen LogP contribution in [0.1, 0.15) is 16.2 Å². The fourth-order valence-corrected chi connectivity index (χ4v) is 1.11. The van der Waals surface area contributed by atoms with Gasteiger partial charge in [-0.25, -0.2) is 0 Å². The van der Waals surface area contributed by atoms with E-state index >= 15 is 0 Å². The van der Waals surface area contributed by atoms with E-state index in [1.807, 2.05) is 13.0 Å². The van der Waals surface area contributed by atoms with Gasteiger partial charge in [0.2, 0.25) is 0 Å². The van der Waals surface area contributed by atoms with Gasteiger partial charge in [0.1, 0.15) is 5.69 Å². The third-order valence-corrected chi connectivity index (χ3v) is 1.80. The SMILES string of the molecule is Cc1cc(C=O)n(CC=CBr)n1. The van der Waals surface area contributed by atoms with Gasteiger partial charge in [0.05, 0.1) is 12.2 Å². The van der Waals surface area contributed by atoms with Crippen LogP contribution in [-0.4, -0.2) is 16.1 Å². The lowest BCUT2D eigenvalue weighted by atomic mass is 10.4. The third kappa shape index (κ3) is 2.04. The Hall–Kier alpha value is -0.900. The summed E-state index contributed by atoms with van der Waals surface area (Å²) >= 11 is 3.15. The van der Waals surface area contributed by atoms with Gasteiger partial charge in [-0.3, -0.25) is 9.48 Å². The predicted octanol–water partition coefficient (Wildman–Crippen LogP) is 1.91. The van der Waals surface area contributed by atoms with Gasteiger partial charge in [-0.1, -0.05) is 22.0 Å². The number of aryl methyl sites for hydroxylation is 1. The summed E-state index contributed by atoms with van der Waals surface area (Å²) in [7, 11) is 0. The van der Waals surface area contributed by atoms with Gasteiger partial charge >= 0.3 is 0 Å². The number of hydrogen-bond acceptors (Lipinski definition) is 2. The standard InChI is InChI=1S/C8H9BrN2O/c1-7-5-8(6-12)11(10-7)4-2-3-9/h2-3,5-6H,4H2,1H3. The lowest BCUT2D eigenvalue weighted by Crippen LogP contribution is -2.01. The zero-order valence-corrected chi connectivity index (χ0v) is 8.28. The molecule has 1 heterocycles. The van der Waals surface area contributed by atoms with E-state index < -0.39 is 0 Å². The molecule has 0 unspecified atom stereocenters. The maximum atomic E-state index is 10.5. The van der Waals surface area contributed by atoms with Crippen molar-refractivity contribution in [3.8, 4) is 0 Å². The molecule has 0 bridgehead atoms. The molecule has 0 radical (unpaired) electrons. The number of allylic oxidation sites excluding steroid dienone is 1. The van der Waals surface area contributed by atoms with E-state index in [4.69, 9.17) is 0 Å². The van der Waals surface area contributed by atoms with E-state index in [1.165, 1.54) is 0 Å². The van der Waals surface area contributed by atoms with Gasteiger partial charge in [0.15, 0.2) is 6.29 Å². The summed E-state index contributed by atoms with van der Waals surface area (Å²) in [5, 5.41) is 4.13. The molecule has 1 aromatic rings. The maximum absolute atomic E-state index is 10.5. The molecule has 64 valence electrons. The summed E-state index contributed by atoms with van der Waals surface area (Å²) in [5.41, 5.74) is 1.47. The number of halogens is 1. The fourth-order valence-electron chi connectivity index (χ4n) is 0.946. The molecule has 0 amide bonds. The van der Waals surface area contributed by atoms with Gasteiger partial charge in [0.25, 0.3) is 0 Å². The van der Waals surface area contributed by atoms with Crippen LogP contribution in [0.25, 0.3) is 0 Å². The minimum atomic E-state index is 0.609. The minimum absolute atomic E-state index is 0.609. The highest BCUT2D eigenvalue weighted by atomic mass is 79.9. The van der Waals surface area contributed by atoms with E-state index in [0.717, 1.165) is 12.0 Å². The Bertz CT molecular complexity index is 304. The molecule has 1 rings (SSSR count). The largest absolute Gasteiger partial charge is 0.296 e. The second-order valence-electron chi connectivity index (χ2n) is 2.37. The van der Waals surface area contributed by atoms with Crippen LogP contribution >= 0.6 is 15.9 Å². The molecule has 12 heavy (non-hydrogen) atoms. The number of nitrogens with zero attached hydrogens (tertiary/aromatic N) is 2. The molecule has 1 aromatic heterocycles. The molecule has 0 aliphatic rings. The average Bonchev–Trinajstić information content (AvgIpc) is 2.42. The molecule has 0 atom stereocenters. The molecule has 0 N–H and O–H groups in total.